The Morgan fingerprint density at radius 2 is 2.40 bits per heavy atom. The average Bonchev–Trinajstić information content (AvgIpc) is 2.13. The number of rotatable bonds is 1. The topological polar surface area (TPSA) is 66.4 Å². The van der Waals surface area contributed by atoms with Crippen LogP contribution in [0.5, 0.6) is 0 Å². The molecule has 10 heavy (non-hydrogen) atoms. The molecule has 1 heterocycles. The van der Waals surface area contributed by atoms with E-state index in [1.54, 1.807) is 0 Å². The predicted molar refractivity (Wildman–Crippen MR) is 33.3 cm³/mol. The normalized spacial score (nSPS) is 24.6. The summed E-state index contributed by atoms with van der Waals surface area (Å²) in [6, 6.07) is -0.764. The molecule has 1 aliphatic heterocycles. The number of hydrogen-bond donors (Lipinski definition) is 2. The van der Waals surface area contributed by atoms with Crippen LogP contribution in [0.25, 0.3) is 0 Å². The molecule has 0 bridgehead atoms. The fourth-order valence-corrected chi connectivity index (χ4v) is 0.799. The largest absolute Gasteiger partial charge is 0.480 e. The maximum atomic E-state index is 10.6. The van der Waals surface area contributed by atoms with Crippen LogP contribution in [0.4, 0.5) is 0 Å². The molecule has 0 aromatic carbocycles. The van der Waals surface area contributed by atoms with Gasteiger partial charge in [0, 0.05) is 12.0 Å². The van der Waals surface area contributed by atoms with Crippen LogP contribution in [0.2, 0.25) is 0 Å². The Morgan fingerprint density at radius 1 is 1.80 bits per heavy atom. The van der Waals surface area contributed by atoms with Crippen LogP contribution < -0.4 is 5.32 Å². The lowest BCUT2D eigenvalue weighted by Crippen LogP contribution is -2.32. The minimum Gasteiger partial charge on any atom is -0.480 e. The van der Waals surface area contributed by atoms with Gasteiger partial charge in [-0.3, -0.25) is 4.79 Å². The van der Waals surface area contributed by atoms with Gasteiger partial charge in [-0.15, -0.1) is 0 Å². The molecule has 1 fully saturated rings. The van der Waals surface area contributed by atoms with Crippen LogP contribution in [0.1, 0.15) is 6.42 Å². The fourth-order valence-electron chi connectivity index (χ4n) is 0.799. The van der Waals surface area contributed by atoms with Crippen molar-refractivity contribution in [3.63, 3.8) is 0 Å². The predicted octanol–water partition coefficient (Wildman–Crippen LogP) is -0.484. The summed E-state index contributed by atoms with van der Waals surface area (Å²) < 4.78 is 0. The third-order valence-electron chi connectivity index (χ3n) is 1.38. The van der Waals surface area contributed by atoms with E-state index in [0.29, 0.717) is 5.57 Å². The molecule has 54 valence electrons. The number of carboxylic acids is 1. The van der Waals surface area contributed by atoms with Gasteiger partial charge in [-0.2, -0.15) is 0 Å². The third kappa shape index (κ3) is 1.00. The maximum Gasteiger partial charge on any atom is 0.326 e. The van der Waals surface area contributed by atoms with E-state index in [9.17, 15) is 9.59 Å². The van der Waals surface area contributed by atoms with Crippen LogP contribution in [0, 0.1) is 0 Å². The van der Waals surface area contributed by atoms with Gasteiger partial charge in [0.15, 0.2) is 0 Å². The molecule has 1 amide bonds. The van der Waals surface area contributed by atoms with Gasteiger partial charge in [-0.05, 0) is 0 Å². The summed E-state index contributed by atoms with van der Waals surface area (Å²) in [4.78, 5) is 20.9. The number of nitrogens with one attached hydrogen (secondary N) is 1. The van der Waals surface area contributed by atoms with E-state index < -0.39 is 12.0 Å². The van der Waals surface area contributed by atoms with Crippen molar-refractivity contribution in [3.8, 4) is 0 Å². The zero-order valence-corrected chi connectivity index (χ0v) is 5.26. The van der Waals surface area contributed by atoms with Crippen molar-refractivity contribution in [2.75, 3.05) is 0 Å². The van der Waals surface area contributed by atoms with Gasteiger partial charge in [-0.25, -0.2) is 4.79 Å². The summed E-state index contributed by atoms with van der Waals surface area (Å²) in [5.74, 6) is -1.36. The summed E-state index contributed by atoms with van der Waals surface area (Å²) in [5.41, 5.74) is 0.340. The number of aliphatic carboxylic acids is 1. The Balaban J connectivity index is 2.66. The molecule has 0 aliphatic carbocycles. The van der Waals surface area contributed by atoms with E-state index in [4.69, 9.17) is 5.11 Å². The van der Waals surface area contributed by atoms with Gasteiger partial charge in [0.2, 0.25) is 5.91 Å². The summed E-state index contributed by atoms with van der Waals surface area (Å²) in [6.07, 6.45) is 0.216. The SMILES string of the molecule is C=C1CC(C(=O)O)NC1=O. The van der Waals surface area contributed by atoms with Crippen molar-refractivity contribution in [1.82, 2.24) is 5.32 Å². The van der Waals surface area contributed by atoms with E-state index in [2.05, 4.69) is 11.9 Å². The molecule has 1 unspecified atom stereocenters. The highest BCUT2D eigenvalue weighted by Gasteiger charge is 2.29. The van der Waals surface area contributed by atoms with Crippen LogP contribution >= 0.6 is 0 Å². The monoisotopic (exact) mass is 141 g/mol. The average molecular weight is 141 g/mol. The lowest BCUT2D eigenvalue weighted by atomic mass is 10.2. The zero-order chi connectivity index (χ0) is 7.72. The highest BCUT2D eigenvalue weighted by Crippen LogP contribution is 2.11. The van der Waals surface area contributed by atoms with E-state index in [0.717, 1.165) is 0 Å². The van der Waals surface area contributed by atoms with Gasteiger partial charge < -0.3 is 10.4 Å². The Hall–Kier alpha value is -1.32. The number of carbonyl (C=O) groups is 2. The molecule has 0 saturated carbocycles. The van der Waals surface area contributed by atoms with Crippen LogP contribution in [0.15, 0.2) is 12.2 Å². The lowest BCUT2D eigenvalue weighted by molar-refractivity contribution is -0.140. The van der Waals surface area contributed by atoms with Gasteiger partial charge >= 0.3 is 5.97 Å². The summed E-state index contributed by atoms with van der Waals surface area (Å²) >= 11 is 0. The van der Waals surface area contributed by atoms with Gasteiger partial charge in [-0.1, -0.05) is 6.58 Å². The van der Waals surface area contributed by atoms with Crippen molar-refractivity contribution < 1.29 is 14.7 Å². The smallest absolute Gasteiger partial charge is 0.326 e. The minimum atomic E-state index is -1.01. The zero-order valence-electron chi connectivity index (χ0n) is 5.26. The highest BCUT2D eigenvalue weighted by molar-refractivity contribution is 5.99. The molecule has 1 rings (SSSR count). The summed E-state index contributed by atoms with van der Waals surface area (Å²) in [6.45, 7) is 3.39. The molecule has 1 atom stereocenters. The van der Waals surface area contributed by atoms with Crippen LogP contribution in [-0.2, 0) is 9.59 Å². The van der Waals surface area contributed by atoms with Crippen molar-refractivity contribution in [3.05, 3.63) is 12.2 Å². The molecular weight excluding hydrogens is 134 g/mol. The number of carboxylic acid groups (broad SMARTS) is 1. The van der Waals surface area contributed by atoms with Crippen LogP contribution in [0.3, 0.4) is 0 Å². The third-order valence-corrected chi connectivity index (χ3v) is 1.38. The molecule has 0 spiro atoms. The Labute approximate surface area is 57.5 Å². The Morgan fingerprint density at radius 3 is 2.60 bits per heavy atom. The number of carbonyl (C=O) groups excluding carboxylic acids is 1. The van der Waals surface area contributed by atoms with Crippen LogP contribution in [-0.4, -0.2) is 23.0 Å². The van der Waals surface area contributed by atoms with E-state index in [-0.39, 0.29) is 12.3 Å². The highest BCUT2D eigenvalue weighted by atomic mass is 16.4. The lowest BCUT2D eigenvalue weighted by Gasteiger charge is -1.99. The first kappa shape index (κ1) is 6.80. The second kappa shape index (κ2) is 2.13. The molecule has 0 aromatic rings. The van der Waals surface area contributed by atoms with E-state index >= 15 is 0 Å². The van der Waals surface area contributed by atoms with Crippen molar-refractivity contribution in [2.45, 2.75) is 12.5 Å². The minimum absolute atomic E-state index is 0.216. The first-order chi connectivity index (χ1) is 4.61. The maximum absolute atomic E-state index is 10.6. The second-order valence-corrected chi connectivity index (χ2v) is 2.17. The Bertz CT molecular complexity index is 193. The standard InChI is InChI=1S/C6H7NO3/c1-3-2-4(6(9)10)7-5(3)8/h4H,1-2H2,(H,7,8)(H,9,10). The molecule has 0 radical (unpaired) electrons. The summed E-state index contributed by atoms with van der Waals surface area (Å²) in [7, 11) is 0. The summed E-state index contributed by atoms with van der Waals surface area (Å²) in [5, 5.41) is 10.7. The van der Waals surface area contributed by atoms with Crippen molar-refractivity contribution in [1.29, 1.82) is 0 Å². The second-order valence-electron chi connectivity index (χ2n) is 2.17. The first-order valence-electron chi connectivity index (χ1n) is 2.82. The van der Waals surface area contributed by atoms with Gasteiger partial charge in [0.05, 0.1) is 0 Å². The van der Waals surface area contributed by atoms with Gasteiger partial charge in [0.1, 0.15) is 6.04 Å². The van der Waals surface area contributed by atoms with E-state index in [1.807, 2.05) is 0 Å². The molecule has 0 aromatic heterocycles. The molecule has 1 aliphatic rings. The van der Waals surface area contributed by atoms with E-state index in [1.165, 1.54) is 0 Å². The molecular formula is C6H7NO3. The van der Waals surface area contributed by atoms with Crippen molar-refractivity contribution in [2.24, 2.45) is 0 Å². The quantitative estimate of drug-likeness (QED) is 0.484. The van der Waals surface area contributed by atoms with Crippen molar-refractivity contribution >= 4 is 11.9 Å². The first-order valence-corrected chi connectivity index (χ1v) is 2.82. The number of amides is 1. The number of hydrogen-bond acceptors (Lipinski definition) is 2. The Kier molecular flexibility index (Phi) is 1.45. The molecule has 1 saturated heterocycles. The molecule has 4 nitrogen and oxygen atoms in total. The molecule has 2 N–H and O–H groups in total. The fraction of sp³-hybridized carbons (Fsp3) is 0.333. The molecule has 4 heteroatoms. The van der Waals surface area contributed by atoms with Gasteiger partial charge in [0.25, 0.3) is 0 Å².